The molecule has 0 aromatic rings. The van der Waals surface area contributed by atoms with Gasteiger partial charge in [0.1, 0.15) is 5.78 Å². The lowest BCUT2D eigenvalue weighted by molar-refractivity contribution is -0.121. The quantitative estimate of drug-likeness (QED) is 0.654. The van der Waals surface area contributed by atoms with Gasteiger partial charge >= 0.3 is 0 Å². The van der Waals surface area contributed by atoms with Crippen molar-refractivity contribution in [3.8, 4) is 0 Å². The number of carbonyl (C=O) groups is 1. The largest absolute Gasteiger partial charge is 0.312 e. The topological polar surface area (TPSA) is 44.4 Å². The molecule has 3 rings (SSSR count). The van der Waals surface area contributed by atoms with Crippen LogP contribution in [0.4, 0.5) is 0 Å². The Bertz CT molecular complexity index is 307. The Hall–Kier alpha value is -0.450. The summed E-state index contributed by atoms with van der Waals surface area (Å²) in [5, 5.41) is 7.33. The van der Waals surface area contributed by atoms with Gasteiger partial charge in [-0.15, -0.1) is 0 Å². The summed E-state index contributed by atoms with van der Waals surface area (Å²) in [6, 6.07) is 1.34. The van der Waals surface area contributed by atoms with Crippen LogP contribution in [0.1, 0.15) is 26.2 Å². The van der Waals surface area contributed by atoms with Gasteiger partial charge in [0, 0.05) is 18.0 Å². The number of hydrogen-bond donors (Lipinski definition) is 2. The van der Waals surface area contributed by atoms with E-state index >= 15 is 0 Å². The normalized spacial score (nSPS) is 47.8. The molecule has 0 aromatic carbocycles. The van der Waals surface area contributed by atoms with Crippen molar-refractivity contribution >= 4 is 5.78 Å². The first kappa shape index (κ1) is 10.7. The predicted octanol–water partition coefficient (Wildman–Crippen LogP) is -0.0544. The highest BCUT2D eigenvalue weighted by Gasteiger charge is 2.52. The molecule has 3 aliphatic heterocycles. The zero-order valence-corrected chi connectivity index (χ0v) is 10.1. The van der Waals surface area contributed by atoms with Gasteiger partial charge in [-0.05, 0) is 39.8 Å². The summed E-state index contributed by atoms with van der Waals surface area (Å²) in [6.07, 6.45) is 3.99. The number of nitrogens with one attached hydrogen (secondary N) is 2. The van der Waals surface area contributed by atoms with Gasteiger partial charge in [-0.1, -0.05) is 0 Å². The summed E-state index contributed by atoms with van der Waals surface area (Å²) in [5.41, 5.74) is 0. The van der Waals surface area contributed by atoms with Crippen molar-refractivity contribution in [2.24, 2.45) is 5.92 Å². The lowest BCUT2D eigenvalue weighted by Gasteiger charge is -2.30. The lowest BCUT2D eigenvalue weighted by atomic mass is 9.89. The highest BCUT2D eigenvalue weighted by Crippen LogP contribution is 2.38. The summed E-state index contributed by atoms with van der Waals surface area (Å²) in [7, 11) is 2.08. The number of fused-ring (bicyclic) bond motifs is 3. The van der Waals surface area contributed by atoms with Crippen molar-refractivity contribution in [2.75, 3.05) is 13.6 Å². The van der Waals surface area contributed by atoms with E-state index in [0.717, 1.165) is 13.0 Å². The molecule has 0 saturated carbocycles. The average Bonchev–Trinajstić information content (AvgIpc) is 2.76. The molecule has 4 heteroatoms. The summed E-state index contributed by atoms with van der Waals surface area (Å²) in [4.78, 5) is 13.8. The molecule has 0 amide bonds. The zero-order valence-electron chi connectivity index (χ0n) is 10.1. The van der Waals surface area contributed by atoms with Gasteiger partial charge in [0.15, 0.2) is 0 Å². The Morgan fingerprint density at radius 3 is 3.00 bits per heavy atom. The molecular formula is C12H21N3O. The number of nitrogens with zero attached hydrogens (tertiary/aromatic N) is 1. The van der Waals surface area contributed by atoms with Gasteiger partial charge in [0.2, 0.25) is 0 Å². The van der Waals surface area contributed by atoms with Gasteiger partial charge in [0.05, 0.1) is 12.2 Å². The van der Waals surface area contributed by atoms with Crippen molar-refractivity contribution in [1.29, 1.82) is 0 Å². The molecule has 90 valence electrons. The molecule has 5 atom stereocenters. The number of rotatable bonds is 1. The van der Waals surface area contributed by atoms with E-state index in [2.05, 4.69) is 22.6 Å². The number of piperidine rings is 1. The van der Waals surface area contributed by atoms with Gasteiger partial charge in [-0.2, -0.15) is 0 Å². The number of carbonyl (C=O) groups excluding carboxylic acids is 1. The lowest BCUT2D eigenvalue weighted by Crippen LogP contribution is -2.50. The van der Waals surface area contributed by atoms with Crippen molar-refractivity contribution in [3.05, 3.63) is 0 Å². The van der Waals surface area contributed by atoms with Crippen molar-refractivity contribution in [3.63, 3.8) is 0 Å². The zero-order chi connectivity index (χ0) is 11.3. The third-order valence-corrected chi connectivity index (χ3v) is 4.65. The number of likely N-dealkylation sites (N-methyl/N-ethyl adjacent to an activating group) is 1. The SMILES string of the molecule is CC(=O)C1CC2C3NCCCC3NC2N1C. The fourth-order valence-electron chi connectivity index (χ4n) is 3.85. The summed E-state index contributed by atoms with van der Waals surface area (Å²) in [5.74, 6) is 0.926. The molecular weight excluding hydrogens is 202 g/mol. The summed E-state index contributed by atoms with van der Waals surface area (Å²) < 4.78 is 0. The molecule has 16 heavy (non-hydrogen) atoms. The van der Waals surface area contributed by atoms with Gasteiger partial charge < -0.3 is 5.32 Å². The van der Waals surface area contributed by atoms with E-state index in [4.69, 9.17) is 0 Å². The summed E-state index contributed by atoms with van der Waals surface area (Å²) >= 11 is 0. The standard InChI is InChI=1S/C12H21N3O/c1-7(16)10-6-8-11-9(4-3-5-13-11)14-12(8)15(10)2/h8-14H,3-6H2,1-2H3. The third kappa shape index (κ3) is 1.44. The minimum Gasteiger partial charge on any atom is -0.312 e. The van der Waals surface area contributed by atoms with Crippen LogP contribution < -0.4 is 10.6 Å². The van der Waals surface area contributed by atoms with E-state index in [1.54, 1.807) is 6.92 Å². The molecule has 3 heterocycles. The maximum atomic E-state index is 11.6. The number of hydrogen-bond acceptors (Lipinski definition) is 4. The van der Waals surface area contributed by atoms with Gasteiger partial charge in [-0.25, -0.2) is 0 Å². The Kier molecular flexibility index (Phi) is 2.53. The highest BCUT2D eigenvalue weighted by atomic mass is 16.1. The molecule has 0 spiro atoms. The van der Waals surface area contributed by atoms with Crippen molar-refractivity contribution in [1.82, 2.24) is 15.5 Å². The highest BCUT2D eigenvalue weighted by molar-refractivity contribution is 5.81. The van der Waals surface area contributed by atoms with Gasteiger partial charge in [-0.3, -0.25) is 15.0 Å². The third-order valence-electron chi connectivity index (χ3n) is 4.65. The molecule has 3 saturated heterocycles. The van der Waals surface area contributed by atoms with Crippen molar-refractivity contribution in [2.45, 2.75) is 50.5 Å². The van der Waals surface area contributed by atoms with Crippen LogP contribution in [0.2, 0.25) is 0 Å². The summed E-state index contributed by atoms with van der Waals surface area (Å²) in [6.45, 7) is 2.86. The second kappa shape index (κ2) is 3.79. The minimum absolute atomic E-state index is 0.132. The fraction of sp³-hybridized carbons (Fsp3) is 0.917. The molecule has 5 unspecified atom stereocenters. The molecule has 0 bridgehead atoms. The van der Waals surface area contributed by atoms with Crippen LogP contribution in [0.15, 0.2) is 0 Å². The van der Waals surface area contributed by atoms with Crippen LogP contribution in [-0.4, -0.2) is 48.6 Å². The molecule has 3 fully saturated rings. The van der Waals surface area contributed by atoms with Crippen LogP contribution in [0, 0.1) is 5.92 Å². The molecule has 2 N–H and O–H groups in total. The molecule has 3 aliphatic rings. The predicted molar refractivity (Wildman–Crippen MR) is 62.1 cm³/mol. The van der Waals surface area contributed by atoms with Crippen LogP contribution in [0.25, 0.3) is 0 Å². The van der Waals surface area contributed by atoms with Crippen LogP contribution in [-0.2, 0) is 4.79 Å². The van der Waals surface area contributed by atoms with Gasteiger partial charge in [0.25, 0.3) is 0 Å². The molecule has 0 radical (unpaired) electrons. The van der Waals surface area contributed by atoms with Crippen LogP contribution >= 0.6 is 0 Å². The van der Waals surface area contributed by atoms with E-state index in [9.17, 15) is 4.79 Å². The van der Waals surface area contributed by atoms with Crippen LogP contribution in [0.5, 0.6) is 0 Å². The van der Waals surface area contributed by atoms with Crippen molar-refractivity contribution < 1.29 is 4.79 Å². The Labute approximate surface area is 96.8 Å². The molecule has 0 aliphatic carbocycles. The second-order valence-electron chi connectivity index (χ2n) is 5.53. The first-order valence-electron chi connectivity index (χ1n) is 6.40. The Morgan fingerprint density at radius 1 is 1.44 bits per heavy atom. The number of Topliss-reactive ketones (excluding diaryl/α,β-unsaturated/α-hetero) is 1. The monoisotopic (exact) mass is 223 g/mol. The van der Waals surface area contributed by atoms with E-state index in [1.165, 1.54) is 12.8 Å². The van der Waals surface area contributed by atoms with E-state index < -0.39 is 0 Å². The second-order valence-corrected chi connectivity index (χ2v) is 5.53. The number of likely N-dealkylation sites (tertiary alicyclic amines) is 1. The smallest absolute Gasteiger partial charge is 0.146 e. The molecule has 4 nitrogen and oxygen atoms in total. The van der Waals surface area contributed by atoms with E-state index in [1.807, 2.05) is 0 Å². The Morgan fingerprint density at radius 2 is 2.25 bits per heavy atom. The Balaban J connectivity index is 1.79. The first-order chi connectivity index (χ1) is 7.68. The van der Waals surface area contributed by atoms with E-state index in [-0.39, 0.29) is 6.04 Å². The maximum absolute atomic E-state index is 11.6. The average molecular weight is 223 g/mol. The molecule has 0 aromatic heterocycles. The van der Waals surface area contributed by atoms with Crippen LogP contribution in [0.3, 0.4) is 0 Å². The number of ketones is 1. The van der Waals surface area contributed by atoms with E-state index in [0.29, 0.717) is 30.0 Å². The minimum atomic E-state index is 0.132. The fourth-order valence-corrected chi connectivity index (χ4v) is 3.85. The maximum Gasteiger partial charge on any atom is 0.146 e. The first-order valence-corrected chi connectivity index (χ1v) is 6.40.